The molecule has 0 amide bonds. The molecule has 0 saturated heterocycles. The van der Waals surface area contributed by atoms with Gasteiger partial charge in [0.25, 0.3) is 0 Å². The maximum atomic E-state index is 12.0. The van der Waals surface area contributed by atoms with E-state index in [0.717, 1.165) is 25.3 Å². The first-order valence-electron chi connectivity index (χ1n) is 6.45. The van der Waals surface area contributed by atoms with Gasteiger partial charge in [-0.1, -0.05) is 6.92 Å². The van der Waals surface area contributed by atoms with Crippen LogP contribution in [0, 0.1) is 0 Å². The summed E-state index contributed by atoms with van der Waals surface area (Å²) < 4.78 is 10.9. The highest BCUT2D eigenvalue weighted by atomic mass is 16.6. The molecule has 98 valence electrons. The molecule has 0 bridgehead atoms. The molecule has 0 aliphatic carbocycles. The lowest BCUT2D eigenvalue weighted by molar-refractivity contribution is 0.0981. The number of ether oxygens (including phenoxy) is 2. The van der Waals surface area contributed by atoms with Crippen molar-refractivity contribution in [3.05, 3.63) is 23.8 Å². The summed E-state index contributed by atoms with van der Waals surface area (Å²) in [6.07, 6.45) is 1.60. The van der Waals surface area contributed by atoms with Crippen LogP contribution in [0.25, 0.3) is 0 Å². The largest absolute Gasteiger partial charge is 0.486 e. The highest BCUT2D eigenvalue weighted by Gasteiger charge is 2.14. The fraction of sp³-hybridized carbons (Fsp3) is 0.500. The van der Waals surface area contributed by atoms with Crippen LogP contribution in [0.2, 0.25) is 0 Å². The molecule has 1 N–H and O–H groups in total. The van der Waals surface area contributed by atoms with Gasteiger partial charge >= 0.3 is 0 Å². The second-order valence-electron chi connectivity index (χ2n) is 4.28. The molecular weight excluding hydrogens is 230 g/mol. The van der Waals surface area contributed by atoms with Crippen LogP contribution in [0.3, 0.4) is 0 Å². The minimum atomic E-state index is 0.135. The van der Waals surface area contributed by atoms with Crippen LogP contribution in [-0.2, 0) is 0 Å². The van der Waals surface area contributed by atoms with Crippen molar-refractivity contribution in [3.8, 4) is 11.5 Å². The number of rotatable bonds is 6. The molecule has 0 fully saturated rings. The fourth-order valence-corrected chi connectivity index (χ4v) is 1.86. The SMILES string of the molecule is CCCNCCC(=O)c1ccc2c(c1)OCCO2. The normalized spacial score (nSPS) is 13.4. The van der Waals surface area contributed by atoms with Gasteiger partial charge < -0.3 is 14.8 Å². The van der Waals surface area contributed by atoms with Crippen LogP contribution in [0.15, 0.2) is 18.2 Å². The van der Waals surface area contributed by atoms with Crippen molar-refractivity contribution >= 4 is 5.78 Å². The quantitative estimate of drug-likeness (QED) is 0.619. The molecule has 4 nitrogen and oxygen atoms in total. The van der Waals surface area contributed by atoms with Crippen molar-refractivity contribution < 1.29 is 14.3 Å². The predicted octanol–water partition coefficient (Wildman–Crippen LogP) is 2.03. The Kier molecular flexibility index (Phi) is 4.59. The molecule has 1 aliphatic rings. The van der Waals surface area contributed by atoms with E-state index in [4.69, 9.17) is 9.47 Å². The Bertz CT molecular complexity index is 418. The monoisotopic (exact) mass is 249 g/mol. The number of nitrogens with one attached hydrogen (secondary N) is 1. The van der Waals surface area contributed by atoms with Crippen LogP contribution in [0.5, 0.6) is 11.5 Å². The number of hydrogen-bond acceptors (Lipinski definition) is 4. The van der Waals surface area contributed by atoms with Gasteiger partial charge in [0.1, 0.15) is 13.2 Å². The molecule has 1 heterocycles. The smallest absolute Gasteiger partial charge is 0.164 e. The summed E-state index contributed by atoms with van der Waals surface area (Å²) in [5.41, 5.74) is 0.692. The molecule has 1 aliphatic heterocycles. The van der Waals surface area contributed by atoms with Gasteiger partial charge in [0.2, 0.25) is 0 Å². The molecule has 1 aromatic rings. The van der Waals surface area contributed by atoms with Gasteiger partial charge in [-0.25, -0.2) is 0 Å². The summed E-state index contributed by atoms with van der Waals surface area (Å²) in [6, 6.07) is 5.38. The van der Waals surface area contributed by atoms with E-state index in [1.807, 2.05) is 0 Å². The van der Waals surface area contributed by atoms with E-state index < -0.39 is 0 Å². The van der Waals surface area contributed by atoms with Crippen molar-refractivity contribution in [2.24, 2.45) is 0 Å². The minimum Gasteiger partial charge on any atom is -0.486 e. The number of Topliss-reactive ketones (excluding diaryl/α,β-unsaturated/α-hetero) is 1. The van der Waals surface area contributed by atoms with Crippen molar-refractivity contribution in [2.45, 2.75) is 19.8 Å². The number of hydrogen-bond donors (Lipinski definition) is 1. The second kappa shape index (κ2) is 6.40. The third-order valence-corrected chi connectivity index (χ3v) is 2.82. The van der Waals surface area contributed by atoms with E-state index in [9.17, 15) is 4.79 Å². The number of ketones is 1. The van der Waals surface area contributed by atoms with Gasteiger partial charge in [0.05, 0.1) is 0 Å². The molecule has 0 atom stereocenters. The fourth-order valence-electron chi connectivity index (χ4n) is 1.86. The first-order chi connectivity index (χ1) is 8.81. The maximum absolute atomic E-state index is 12.0. The average molecular weight is 249 g/mol. The Labute approximate surface area is 107 Å². The van der Waals surface area contributed by atoms with E-state index in [1.165, 1.54) is 0 Å². The first kappa shape index (κ1) is 12.9. The molecule has 1 aromatic carbocycles. The van der Waals surface area contributed by atoms with Crippen LogP contribution >= 0.6 is 0 Å². The van der Waals surface area contributed by atoms with E-state index in [0.29, 0.717) is 30.9 Å². The van der Waals surface area contributed by atoms with E-state index in [1.54, 1.807) is 18.2 Å². The molecule has 18 heavy (non-hydrogen) atoms. The third kappa shape index (κ3) is 3.23. The zero-order valence-electron chi connectivity index (χ0n) is 10.7. The molecular formula is C14H19NO3. The van der Waals surface area contributed by atoms with Crippen molar-refractivity contribution in [3.63, 3.8) is 0 Å². The van der Waals surface area contributed by atoms with E-state index >= 15 is 0 Å². The number of benzene rings is 1. The number of fused-ring (bicyclic) bond motifs is 1. The van der Waals surface area contributed by atoms with Gasteiger partial charge in [0, 0.05) is 18.5 Å². The highest BCUT2D eigenvalue weighted by molar-refractivity contribution is 5.96. The zero-order chi connectivity index (χ0) is 12.8. The average Bonchev–Trinajstić information content (AvgIpc) is 2.43. The Morgan fingerprint density at radius 2 is 2.00 bits per heavy atom. The maximum Gasteiger partial charge on any atom is 0.164 e. The Hall–Kier alpha value is -1.55. The summed E-state index contributed by atoms with van der Waals surface area (Å²) in [4.78, 5) is 12.0. The van der Waals surface area contributed by atoms with Gasteiger partial charge in [-0.15, -0.1) is 0 Å². The summed E-state index contributed by atoms with van der Waals surface area (Å²) >= 11 is 0. The van der Waals surface area contributed by atoms with Crippen LogP contribution in [-0.4, -0.2) is 32.1 Å². The lowest BCUT2D eigenvalue weighted by atomic mass is 10.1. The molecule has 0 radical (unpaired) electrons. The molecule has 0 spiro atoms. The Morgan fingerprint density at radius 3 is 2.78 bits per heavy atom. The summed E-state index contributed by atoms with van der Waals surface area (Å²) in [7, 11) is 0. The molecule has 0 aromatic heterocycles. The highest BCUT2D eigenvalue weighted by Crippen LogP contribution is 2.30. The third-order valence-electron chi connectivity index (χ3n) is 2.82. The van der Waals surface area contributed by atoms with Crippen LogP contribution < -0.4 is 14.8 Å². The van der Waals surface area contributed by atoms with Gasteiger partial charge in [-0.2, -0.15) is 0 Å². The second-order valence-corrected chi connectivity index (χ2v) is 4.28. The lowest BCUT2D eigenvalue weighted by Gasteiger charge is -2.18. The minimum absolute atomic E-state index is 0.135. The Balaban J connectivity index is 1.94. The van der Waals surface area contributed by atoms with Crippen molar-refractivity contribution in [1.82, 2.24) is 5.32 Å². The molecule has 0 unspecified atom stereocenters. The van der Waals surface area contributed by atoms with Gasteiger partial charge in [0.15, 0.2) is 17.3 Å². The number of carbonyl (C=O) groups is 1. The van der Waals surface area contributed by atoms with Gasteiger partial charge in [-0.05, 0) is 31.2 Å². The molecule has 4 heteroatoms. The summed E-state index contributed by atoms with van der Waals surface area (Å²) in [5, 5.41) is 3.22. The Morgan fingerprint density at radius 1 is 1.22 bits per heavy atom. The van der Waals surface area contributed by atoms with Crippen LogP contribution in [0.4, 0.5) is 0 Å². The zero-order valence-corrected chi connectivity index (χ0v) is 10.7. The summed E-state index contributed by atoms with van der Waals surface area (Å²) in [5.74, 6) is 1.53. The lowest BCUT2D eigenvalue weighted by Crippen LogP contribution is -2.19. The molecule has 2 rings (SSSR count). The molecule has 0 saturated carbocycles. The predicted molar refractivity (Wildman–Crippen MR) is 69.5 cm³/mol. The van der Waals surface area contributed by atoms with Crippen LogP contribution in [0.1, 0.15) is 30.1 Å². The van der Waals surface area contributed by atoms with Gasteiger partial charge in [-0.3, -0.25) is 4.79 Å². The standard InChI is InChI=1S/C14H19NO3/c1-2-6-15-7-5-12(16)11-3-4-13-14(10-11)18-9-8-17-13/h3-4,10,15H,2,5-9H2,1H3. The topological polar surface area (TPSA) is 47.6 Å². The van der Waals surface area contributed by atoms with E-state index in [-0.39, 0.29) is 5.78 Å². The summed E-state index contributed by atoms with van der Waals surface area (Å²) in [6.45, 7) is 4.90. The van der Waals surface area contributed by atoms with Crippen molar-refractivity contribution in [2.75, 3.05) is 26.3 Å². The first-order valence-corrected chi connectivity index (χ1v) is 6.45. The van der Waals surface area contributed by atoms with Crippen molar-refractivity contribution in [1.29, 1.82) is 0 Å². The van der Waals surface area contributed by atoms with E-state index in [2.05, 4.69) is 12.2 Å². The number of carbonyl (C=O) groups excluding carboxylic acids is 1.